The summed E-state index contributed by atoms with van der Waals surface area (Å²) in [7, 11) is -1.78. The van der Waals surface area contributed by atoms with E-state index in [1.165, 1.54) is 27.7 Å². The number of aromatic nitrogens is 3. The number of hydrogen-bond donors (Lipinski definition) is 1. The third-order valence-electron chi connectivity index (χ3n) is 11.0. The zero-order chi connectivity index (χ0) is 35.0. The number of fused-ring (bicyclic) bond motifs is 4. The third-order valence-corrected chi connectivity index (χ3v) is 13.0. The van der Waals surface area contributed by atoms with Crippen molar-refractivity contribution >= 4 is 27.4 Å². The number of nitrogens with one attached hydrogen (secondary N) is 1. The number of aryl methyl sites for hydroxylation is 3. The summed E-state index contributed by atoms with van der Waals surface area (Å²) in [4.78, 5) is 31.0. The Balaban J connectivity index is 1.30. The minimum Gasteiger partial charge on any atom is -0.490 e. The van der Waals surface area contributed by atoms with Gasteiger partial charge in [0, 0.05) is 31.2 Å². The fourth-order valence-corrected chi connectivity index (χ4v) is 10.2. The van der Waals surface area contributed by atoms with E-state index in [4.69, 9.17) is 9.47 Å². The summed E-state index contributed by atoms with van der Waals surface area (Å²) in [5.74, 6) is -0.0236. The average Bonchev–Trinajstić information content (AvgIpc) is 3.52. The SMILES string of the molecule is CCn1ncc(C(=O)NS2(=O)=NC(=O)c3ccc4c(c3)N(C[C@@H]3CC[C@H]3[C@@H](OC)/C=C/C[C@H](C)C2)C[C@@]2(CCCc3cc(C)ccc32)CO4)n1. The second kappa shape index (κ2) is 13.9. The number of carbonyl (C=O) groups excluding carboxylic acids is 2. The van der Waals surface area contributed by atoms with Gasteiger partial charge >= 0.3 is 0 Å². The van der Waals surface area contributed by atoms with E-state index >= 15 is 0 Å². The number of methoxy groups -OCH3 is 1. The van der Waals surface area contributed by atoms with Crippen LogP contribution in [0.15, 0.2) is 59.1 Å². The van der Waals surface area contributed by atoms with Crippen LogP contribution >= 0.6 is 0 Å². The summed E-state index contributed by atoms with van der Waals surface area (Å²) in [6, 6.07) is 12.2. The van der Waals surface area contributed by atoms with Crippen molar-refractivity contribution in [2.45, 2.75) is 77.4 Å². The van der Waals surface area contributed by atoms with Crippen LogP contribution < -0.4 is 14.4 Å². The number of ether oxygens (including phenoxy) is 2. The highest BCUT2D eigenvalue weighted by Gasteiger charge is 2.44. The molecule has 2 bridgehead atoms. The van der Waals surface area contributed by atoms with Crippen LogP contribution in [0.2, 0.25) is 0 Å². The monoisotopic (exact) mass is 700 g/mol. The summed E-state index contributed by atoms with van der Waals surface area (Å²) in [5.41, 5.74) is 4.96. The predicted octanol–water partition coefficient (Wildman–Crippen LogP) is 5.67. The largest absolute Gasteiger partial charge is 0.490 e. The van der Waals surface area contributed by atoms with E-state index in [-0.39, 0.29) is 28.9 Å². The maximum atomic E-state index is 14.5. The number of carbonyl (C=O) groups is 2. The Morgan fingerprint density at radius 1 is 1.20 bits per heavy atom. The molecular formula is C38H48N6O5S. The molecule has 1 fully saturated rings. The highest BCUT2D eigenvalue weighted by atomic mass is 32.2. The van der Waals surface area contributed by atoms with Gasteiger partial charge in [-0.3, -0.25) is 14.3 Å². The fraction of sp³-hybridized carbons (Fsp3) is 0.526. The van der Waals surface area contributed by atoms with Crippen molar-refractivity contribution in [2.75, 3.05) is 37.5 Å². The van der Waals surface area contributed by atoms with Crippen LogP contribution in [0.25, 0.3) is 0 Å². The molecule has 2 aliphatic carbocycles. The molecule has 1 aromatic heterocycles. The Morgan fingerprint density at radius 2 is 2.06 bits per heavy atom. The third kappa shape index (κ3) is 6.84. The first kappa shape index (κ1) is 34.4. The molecule has 2 amide bonds. The summed E-state index contributed by atoms with van der Waals surface area (Å²) < 4.78 is 34.0. The molecule has 1 spiro atoms. The summed E-state index contributed by atoms with van der Waals surface area (Å²) in [6.45, 7) is 8.52. The quantitative estimate of drug-likeness (QED) is 0.345. The van der Waals surface area contributed by atoms with Gasteiger partial charge in [0.2, 0.25) is 0 Å². The summed E-state index contributed by atoms with van der Waals surface area (Å²) >= 11 is 0. The zero-order valence-electron chi connectivity index (χ0n) is 29.5. The van der Waals surface area contributed by atoms with E-state index in [1.54, 1.807) is 13.2 Å². The molecule has 50 heavy (non-hydrogen) atoms. The number of allylic oxidation sites excluding steroid dienone is 1. The number of hydrogen-bond acceptors (Lipinski definition) is 8. The molecule has 2 aliphatic heterocycles. The van der Waals surface area contributed by atoms with Crippen LogP contribution in [-0.4, -0.2) is 69.7 Å². The molecule has 12 heteroatoms. The predicted molar refractivity (Wildman–Crippen MR) is 193 cm³/mol. The molecular weight excluding hydrogens is 653 g/mol. The average molecular weight is 701 g/mol. The van der Waals surface area contributed by atoms with Crippen molar-refractivity contribution in [1.82, 2.24) is 19.7 Å². The van der Waals surface area contributed by atoms with E-state index < -0.39 is 21.7 Å². The second-order valence-corrected chi connectivity index (χ2v) is 16.7. The second-order valence-electron chi connectivity index (χ2n) is 14.7. The van der Waals surface area contributed by atoms with Crippen LogP contribution in [0.5, 0.6) is 5.75 Å². The normalized spacial score (nSPS) is 30.2. The summed E-state index contributed by atoms with van der Waals surface area (Å²) in [5, 5.41) is 8.23. The molecule has 6 atom stereocenters. The molecule has 11 nitrogen and oxygen atoms in total. The molecule has 1 N–H and O–H groups in total. The van der Waals surface area contributed by atoms with Crippen molar-refractivity contribution < 1.29 is 23.3 Å². The van der Waals surface area contributed by atoms with E-state index in [9.17, 15) is 13.8 Å². The van der Waals surface area contributed by atoms with Crippen LogP contribution in [0, 0.1) is 24.7 Å². The van der Waals surface area contributed by atoms with Crippen LogP contribution in [0.4, 0.5) is 5.69 Å². The molecule has 3 aromatic rings. The fourth-order valence-electron chi connectivity index (χ4n) is 8.28. The maximum Gasteiger partial charge on any atom is 0.286 e. The maximum absolute atomic E-state index is 14.5. The Bertz CT molecular complexity index is 1930. The summed E-state index contributed by atoms with van der Waals surface area (Å²) in [6.07, 6.45) is 11.4. The number of rotatable bonds is 4. The van der Waals surface area contributed by atoms with Gasteiger partial charge in [-0.15, -0.1) is 9.46 Å². The Hall–Kier alpha value is -4.03. The minimum absolute atomic E-state index is 0.0119. The van der Waals surface area contributed by atoms with E-state index in [1.807, 2.05) is 26.0 Å². The van der Waals surface area contributed by atoms with Gasteiger partial charge in [-0.2, -0.15) is 9.90 Å². The number of amides is 2. The molecule has 0 saturated heterocycles. The number of nitrogens with zero attached hydrogens (tertiary/aromatic N) is 5. The lowest BCUT2D eigenvalue weighted by Gasteiger charge is -2.46. The van der Waals surface area contributed by atoms with Crippen molar-refractivity contribution in [1.29, 1.82) is 0 Å². The first-order chi connectivity index (χ1) is 24.1. The molecule has 4 aliphatic rings. The van der Waals surface area contributed by atoms with Gasteiger partial charge in [0.05, 0.1) is 36.9 Å². The number of anilines is 1. The van der Waals surface area contributed by atoms with Gasteiger partial charge in [-0.05, 0) is 99.5 Å². The van der Waals surface area contributed by atoms with Crippen molar-refractivity contribution in [3.63, 3.8) is 0 Å². The van der Waals surface area contributed by atoms with E-state index in [2.05, 4.69) is 61.5 Å². The van der Waals surface area contributed by atoms with Crippen LogP contribution in [0.3, 0.4) is 0 Å². The Labute approximate surface area is 295 Å². The lowest BCUT2D eigenvalue weighted by atomic mass is 9.68. The standard InChI is InChI=1S/C38H48N6O5S/c1-5-44-39-20-32(40-44)37(46)42-50(47)22-26(3)8-6-10-34(48-4)30-14-12-29(30)21-43-23-38(17-7-9-27-18-25(2)11-15-31(27)38)24-49-35-16-13-28(19-33(35)43)36(45)41-50/h6,10-11,13,15-16,18-20,26,29-30,34H,5,7-9,12,14,17,21-24H2,1-4H3,(H,41,42,45,46,47)/b10-6+/t26-,29-,30+,34-,38-,50?/m0/s1. The molecule has 266 valence electrons. The first-order valence-electron chi connectivity index (χ1n) is 17.9. The topological polar surface area (TPSA) is 128 Å². The minimum atomic E-state index is -3.55. The van der Waals surface area contributed by atoms with Gasteiger partial charge in [-0.1, -0.05) is 42.8 Å². The van der Waals surface area contributed by atoms with Gasteiger partial charge < -0.3 is 14.4 Å². The van der Waals surface area contributed by atoms with Crippen molar-refractivity contribution in [2.24, 2.45) is 22.1 Å². The van der Waals surface area contributed by atoms with E-state index in [0.29, 0.717) is 37.0 Å². The lowest BCUT2D eigenvalue weighted by Crippen LogP contribution is -2.49. The Morgan fingerprint density at radius 3 is 2.82 bits per heavy atom. The van der Waals surface area contributed by atoms with E-state index in [0.717, 1.165) is 56.6 Å². The van der Waals surface area contributed by atoms with Gasteiger partial charge in [0.1, 0.15) is 15.7 Å². The lowest BCUT2D eigenvalue weighted by molar-refractivity contribution is 0.0131. The molecule has 1 saturated carbocycles. The number of benzene rings is 2. The van der Waals surface area contributed by atoms with Crippen molar-refractivity contribution in [3.8, 4) is 5.75 Å². The van der Waals surface area contributed by atoms with Crippen LogP contribution in [0.1, 0.15) is 83.5 Å². The molecule has 2 aromatic carbocycles. The van der Waals surface area contributed by atoms with Crippen LogP contribution in [-0.2, 0) is 33.0 Å². The molecule has 0 radical (unpaired) electrons. The van der Waals surface area contributed by atoms with Crippen molar-refractivity contribution in [3.05, 3.63) is 82.7 Å². The van der Waals surface area contributed by atoms with Gasteiger partial charge in [0.25, 0.3) is 11.8 Å². The molecule has 7 rings (SSSR count). The zero-order valence-corrected chi connectivity index (χ0v) is 30.3. The Kier molecular flexibility index (Phi) is 9.60. The van der Waals surface area contributed by atoms with Gasteiger partial charge in [-0.25, -0.2) is 4.21 Å². The highest BCUT2D eigenvalue weighted by Crippen LogP contribution is 2.47. The highest BCUT2D eigenvalue weighted by molar-refractivity contribution is 7.92. The van der Waals surface area contributed by atoms with Gasteiger partial charge in [0.15, 0.2) is 5.69 Å². The molecule has 1 unspecified atom stereocenters. The molecule has 3 heterocycles. The first-order valence-corrected chi connectivity index (χ1v) is 19.6. The smallest absolute Gasteiger partial charge is 0.286 e.